The van der Waals surface area contributed by atoms with Crippen molar-refractivity contribution >= 4 is 35.1 Å². The molecule has 6 heteroatoms. The SMILES string of the molecule is CC(Cl)CCC(=O)OCCCCCCCOC(=O)CCC(C)Cl. The second-order valence-corrected chi connectivity index (χ2v) is 7.34. The van der Waals surface area contributed by atoms with Gasteiger partial charge in [-0.25, -0.2) is 0 Å². The standard InChI is InChI=1S/C17H30Cl2O4/c1-14(18)8-10-16(20)22-12-6-4-3-5-7-13-23-17(21)11-9-15(2)19/h14-15H,3-13H2,1-2H3. The normalized spacial score (nSPS) is 13.4. The molecule has 0 radical (unpaired) electrons. The van der Waals surface area contributed by atoms with Gasteiger partial charge in [-0.15, -0.1) is 23.2 Å². The van der Waals surface area contributed by atoms with Crippen LogP contribution in [0, 0.1) is 0 Å². The van der Waals surface area contributed by atoms with Crippen LogP contribution in [0.25, 0.3) is 0 Å². The van der Waals surface area contributed by atoms with E-state index in [-0.39, 0.29) is 22.7 Å². The Morgan fingerprint density at radius 2 is 1.09 bits per heavy atom. The van der Waals surface area contributed by atoms with Crippen molar-refractivity contribution in [3.05, 3.63) is 0 Å². The van der Waals surface area contributed by atoms with Gasteiger partial charge in [0.25, 0.3) is 0 Å². The predicted octanol–water partition coefficient (Wildman–Crippen LogP) is 4.84. The topological polar surface area (TPSA) is 52.6 Å². The summed E-state index contributed by atoms with van der Waals surface area (Å²) < 4.78 is 10.2. The van der Waals surface area contributed by atoms with Gasteiger partial charge in [-0.1, -0.05) is 19.3 Å². The van der Waals surface area contributed by atoms with Gasteiger partial charge >= 0.3 is 11.9 Å². The lowest BCUT2D eigenvalue weighted by Crippen LogP contribution is -2.08. The summed E-state index contributed by atoms with van der Waals surface area (Å²) in [4.78, 5) is 22.7. The number of hydrogen-bond donors (Lipinski definition) is 0. The second-order valence-electron chi connectivity index (χ2n) is 5.85. The van der Waals surface area contributed by atoms with E-state index >= 15 is 0 Å². The van der Waals surface area contributed by atoms with Gasteiger partial charge in [-0.3, -0.25) is 9.59 Å². The smallest absolute Gasteiger partial charge is 0.305 e. The highest BCUT2D eigenvalue weighted by molar-refractivity contribution is 6.20. The Labute approximate surface area is 150 Å². The molecule has 0 aliphatic carbocycles. The summed E-state index contributed by atoms with van der Waals surface area (Å²) in [7, 11) is 0. The molecule has 0 aliphatic heterocycles. The lowest BCUT2D eigenvalue weighted by atomic mass is 10.1. The lowest BCUT2D eigenvalue weighted by Gasteiger charge is -2.07. The minimum Gasteiger partial charge on any atom is -0.466 e. The fraction of sp³-hybridized carbons (Fsp3) is 0.882. The molecule has 0 rings (SSSR count). The minimum absolute atomic E-state index is 0.00925. The Morgan fingerprint density at radius 3 is 1.43 bits per heavy atom. The third-order valence-electron chi connectivity index (χ3n) is 3.31. The fourth-order valence-electron chi connectivity index (χ4n) is 1.88. The van der Waals surface area contributed by atoms with Crippen LogP contribution in [0.3, 0.4) is 0 Å². The molecule has 0 aromatic heterocycles. The Morgan fingerprint density at radius 1 is 0.739 bits per heavy atom. The third kappa shape index (κ3) is 17.7. The van der Waals surface area contributed by atoms with Gasteiger partial charge in [0, 0.05) is 23.6 Å². The average Bonchev–Trinajstić information content (AvgIpc) is 2.49. The van der Waals surface area contributed by atoms with Crippen molar-refractivity contribution in [1.82, 2.24) is 0 Å². The maximum absolute atomic E-state index is 11.3. The van der Waals surface area contributed by atoms with Gasteiger partial charge in [0.2, 0.25) is 0 Å². The number of carbonyl (C=O) groups is 2. The highest BCUT2D eigenvalue weighted by Crippen LogP contribution is 2.08. The number of esters is 2. The van der Waals surface area contributed by atoms with Crippen molar-refractivity contribution in [2.75, 3.05) is 13.2 Å². The molecule has 136 valence electrons. The Kier molecular flexibility index (Phi) is 14.8. The van der Waals surface area contributed by atoms with Crippen LogP contribution in [-0.2, 0) is 19.1 Å². The van der Waals surface area contributed by atoms with Crippen molar-refractivity contribution in [3.8, 4) is 0 Å². The van der Waals surface area contributed by atoms with Crippen molar-refractivity contribution in [3.63, 3.8) is 0 Å². The molecule has 23 heavy (non-hydrogen) atoms. The van der Waals surface area contributed by atoms with E-state index < -0.39 is 0 Å². The first kappa shape index (κ1) is 22.5. The first-order valence-electron chi connectivity index (χ1n) is 8.51. The van der Waals surface area contributed by atoms with Gasteiger partial charge in [-0.05, 0) is 39.5 Å². The molecular weight excluding hydrogens is 339 g/mol. The van der Waals surface area contributed by atoms with Gasteiger partial charge in [0.1, 0.15) is 0 Å². The van der Waals surface area contributed by atoms with Gasteiger partial charge in [-0.2, -0.15) is 0 Å². The number of unbranched alkanes of at least 4 members (excludes halogenated alkanes) is 4. The minimum atomic E-state index is -0.171. The predicted molar refractivity (Wildman–Crippen MR) is 94.1 cm³/mol. The third-order valence-corrected chi connectivity index (χ3v) is 3.74. The number of hydrogen-bond acceptors (Lipinski definition) is 4. The largest absolute Gasteiger partial charge is 0.466 e. The van der Waals surface area contributed by atoms with E-state index in [0.29, 0.717) is 38.9 Å². The summed E-state index contributed by atoms with van der Waals surface area (Å²) in [5.74, 6) is -0.341. The molecule has 2 atom stereocenters. The molecule has 0 saturated heterocycles. The molecule has 0 spiro atoms. The highest BCUT2D eigenvalue weighted by Gasteiger charge is 2.06. The Hall–Kier alpha value is -0.480. The van der Waals surface area contributed by atoms with E-state index in [2.05, 4.69) is 0 Å². The average molecular weight is 369 g/mol. The van der Waals surface area contributed by atoms with Crippen molar-refractivity contribution < 1.29 is 19.1 Å². The molecule has 0 aromatic rings. The molecule has 0 aromatic carbocycles. The number of halogens is 2. The van der Waals surface area contributed by atoms with Crippen molar-refractivity contribution in [1.29, 1.82) is 0 Å². The van der Waals surface area contributed by atoms with E-state index in [1.54, 1.807) is 0 Å². The lowest BCUT2D eigenvalue weighted by molar-refractivity contribution is -0.144. The van der Waals surface area contributed by atoms with Crippen LogP contribution in [0.15, 0.2) is 0 Å². The zero-order valence-corrected chi connectivity index (χ0v) is 15.8. The molecule has 2 unspecified atom stereocenters. The van der Waals surface area contributed by atoms with E-state index in [0.717, 1.165) is 32.1 Å². The molecule has 0 heterocycles. The first-order chi connectivity index (χ1) is 10.9. The Bertz CT molecular complexity index is 290. The summed E-state index contributed by atoms with van der Waals surface area (Å²) in [6.07, 6.45) is 6.90. The molecular formula is C17H30Cl2O4. The van der Waals surface area contributed by atoms with Crippen LogP contribution < -0.4 is 0 Å². The van der Waals surface area contributed by atoms with E-state index in [1.807, 2.05) is 13.8 Å². The van der Waals surface area contributed by atoms with Crippen LogP contribution in [0.5, 0.6) is 0 Å². The summed E-state index contributed by atoms with van der Waals surface area (Å²) in [6.45, 7) is 4.68. The van der Waals surface area contributed by atoms with Crippen molar-refractivity contribution in [2.45, 2.75) is 82.4 Å². The quantitative estimate of drug-likeness (QED) is 0.250. The summed E-state index contributed by atoms with van der Waals surface area (Å²) in [5.41, 5.74) is 0. The zero-order valence-electron chi connectivity index (χ0n) is 14.3. The van der Waals surface area contributed by atoms with Gasteiger partial charge < -0.3 is 9.47 Å². The summed E-state index contributed by atoms with van der Waals surface area (Å²) in [6, 6.07) is 0. The number of alkyl halides is 2. The first-order valence-corrected chi connectivity index (χ1v) is 9.38. The molecule has 4 nitrogen and oxygen atoms in total. The fourth-order valence-corrected chi connectivity index (χ4v) is 2.10. The maximum Gasteiger partial charge on any atom is 0.305 e. The second kappa shape index (κ2) is 15.1. The van der Waals surface area contributed by atoms with Crippen LogP contribution >= 0.6 is 23.2 Å². The van der Waals surface area contributed by atoms with Crippen LogP contribution in [-0.4, -0.2) is 35.9 Å². The monoisotopic (exact) mass is 368 g/mol. The number of ether oxygens (including phenoxy) is 2. The number of carbonyl (C=O) groups excluding carboxylic acids is 2. The van der Waals surface area contributed by atoms with Gasteiger partial charge in [0.05, 0.1) is 13.2 Å². The molecule has 0 saturated carbocycles. The zero-order chi connectivity index (χ0) is 17.5. The summed E-state index contributed by atoms with van der Waals surface area (Å²) >= 11 is 11.5. The summed E-state index contributed by atoms with van der Waals surface area (Å²) in [5, 5.41) is 0.0185. The molecule has 0 aliphatic rings. The van der Waals surface area contributed by atoms with E-state index in [9.17, 15) is 9.59 Å². The Balaban J connectivity index is 3.27. The molecule has 0 amide bonds. The highest BCUT2D eigenvalue weighted by atomic mass is 35.5. The van der Waals surface area contributed by atoms with Gasteiger partial charge in [0.15, 0.2) is 0 Å². The molecule has 0 fully saturated rings. The van der Waals surface area contributed by atoms with Crippen LogP contribution in [0.4, 0.5) is 0 Å². The molecule has 0 bridgehead atoms. The number of rotatable bonds is 14. The van der Waals surface area contributed by atoms with Crippen molar-refractivity contribution in [2.24, 2.45) is 0 Å². The molecule has 0 N–H and O–H groups in total. The maximum atomic E-state index is 11.3. The van der Waals surface area contributed by atoms with E-state index in [4.69, 9.17) is 32.7 Å². The van der Waals surface area contributed by atoms with Crippen LogP contribution in [0.2, 0.25) is 0 Å². The van der Waals surface area contributed by atoms with E-state index in [1.165, 1.54) is 0 Å². The van der Waals surface area contributed by atoms with Crippen LogP contribution in [0.1, 0.15) is 71.6 Å².